The van der Waals surface area contributed by atoms with Crippen LogP contribution in [0.15, 0.2) is 53.1 Å². The van der Waals surface area contributed by atoms with Crippen LogP contribution in [0.3, 0.4) is 0 Å². The first-order valence-corrected chi connectivity index (χ1v) is 6.91. The standard InChI is InChI=1S/C15H10BrF2N3/c16-9-4-6-10(7-5-9)21-8-13(19)15(20-21)14-11(17)2-1-3-12(14)18/h1-8H,19H2. The van der Waals surface area contributed by atoms with Crippen LogP contribution in [0.2, 0.25) is 0 Å². The van der Waals surface area contributed by atoms with Crippen molar-refractivity contribution in [1.82, 2.24) is 9.78 Å². The summed E-state index contributed by atoms with van der Waals surface area (Å²) >= 11 is 3.34. The maximum atomic E-state index is 13.8. The van der Waals surface area contributed by atoms with E-state index < -0.39 is 11.6 Å². The highest BCUT2D eigenvalue weighted by Crippen LogP contribution is 2.30. The summed E-state index contributed by atoms with van der Waals surface area (Å²) in [7, 11) is 0. The van der Waals surface area contributed by atoms with Gasteiger partial charge in [0.15, 0.2) is 0 Å². The maximum Gasteiger partial charge on any atom is 0.135 e. The van der Waals surface area contributed by atoms with Gasteiger partial charge in [-0.2, -0.15) is 5.10 Å². The minimum absolute atomic E-state index is 0.0912. The van der Waals surface area contributed by atoms with Crippen LogP contribution < -0.4 is 5.73 Å². The predicted molar refractivity (Wildman–Crippen MR) is 81.0 cm³/mol. The predicted octanol–water partition coefficient (Wildman–Crippen LogP) is 4.16. The van der Waals surface area contributed by atoms with Crippen molar-refractivity contribution >= 4 is 21.6 Å². The molecule has 0 unspecified atom stereocenters. The van der Waals surface area contributed by atoms with Gasteiger partial charge in [-0.15, -0.1) is 0 Å². The first-order chi connectivity index (χ1) is 10.1. The number of anilines is 1. The van der Waals surface area contributed by atoms with E-state index in [1.165, 1.54) is 29.1 Å². The number of nitrogens with two attached hydrogens (primary N) is 1. The Kier molecular flexibility index (Phi) is 3.47. The van der Waals surface area contributed by atoms with E-state index in [1.54, 1.807) is 0 Å². The third-order valence-corrected chi connectivity index (χ3v) is 3.56. The van der Waals surface area contributed by atoms with Crippen LogP contribution in [0.1, 0.15) is 0 Å². The summed E-state index contributed by atoms with van der Waals surface area (Å²) in [4.78, 5) is 0. The fourth-order valence-corrected chi connectivity index (χ4v) is 2.30. The molecule has 1 heterocycles. The molecule has 3 rings (SSSR count). The number of rotatable bonds is 2. The molecule has 0 amide bonds. The van der Waals surface area contributed by atoms with Crippen LogP contribution >= 0.6 is 15.9 Å². The minimum atomic E-state index is -0.692. The Morgan fingerprint density at radius 3 is 2.24 bits per heavy atom. The minimum Gasteiger partial charge on any atom is -0.396 e. The third-order valence-electron chi connectivity index (χ3n) is 3.03. The Bertz CT molecular complexity index is 777. The highest BCUT2D eigenvalue weighted by molar-refractivity contribution is 9.10. The van der Waals surface area contributed by atoms with E-state index in [0.29, 0.717) is 0 Å². The molecule has 0 bridgehead atoms. The molecule has 0 saturated carbocycles. The Hall–Kier alpha value is -2.21. The molecule has 0 spiro atoms. The van der Waals surface area contributed by atoms with Crippen molar-refractivity contribution in [2.45, 2.75) is 0 Å². The lowest BCUT2D eigenvalue weighted by molar-refractivity contribution is 0.588. The van der Waals surface area contributed by atoms with Gasteiger partial charge in [-0.05, 0) is 36.4 Å². The van der Waals surface area contributed by atoms with E-state index in [4.69, 9.17) is 5.73 Å². The van der Waals surface area contributed by atoms with Crippen molar-refractivity contribution in [3.63, 3.8) is 0 Å². The average molecular weight is 350 g/mol. The lowest BCUT2D eigenvalue weighted by atomic mass is 10.1. The SMILES string of the molecule is Nc1cn(-c2ccc(Br)cc2)nc1-c1c(F)cccc1F. The molecule has 0 saturated heterocycles. The van der Waals surface area contributed by atoms with Crippen LogP contribution in [0.4, 0.5) is 14.5 Å². The van der Waals surface area contributed by atoms with Crippen LogP contribution in [0.5, 0.6) is 0 Å². The zero-order chi connectivity index (χ0) is 15.0. The van der Waals surface area contributed by atoms with Gasteiger partial charge in [0.05, 0.1) is 23.1 Å². The van der Waals surface area contributed by atoms with Crippen molar-refractivity contribution in [3.05, 3.63) is 64.8 Å². The first kappa shape index (κ1) is 13.8. The van der Waals surface area contributed by atoms with Crippen molar-refractivity contribution in [3.8, 4) is 16.9 Å². The van der Waals surface area contributed by atoms with Crippen LogP contribution in [0, 0.1) is 11.6 Å². The van der Waals surface area contributed by atoms with Gasteiger partial charge in [-0.25, -0.2) is 13.5 Å². The molecule has 0 aliphatic rings. The molecule has 21 heavy (non-hydrogen) atoms. The fourth-order valence-electron chi connectivity index (χ4n) is 2.03. The number of halogens is 3. The molecule has 1 aromatic heterocycles. The summed E-state index contributed by atoms with van der Waals surface area (Å²) in [6, 6.07) is 11.0. The van der Waals surface area contributed by atoms with E-state index in [1.807, 2.05) is 24.3 Å². The molecule has 6 heteroatoms. The van der Waals surface area contributed by atoms with E-state index >= 15 is 0 Å². The highest BCUT2D eigenvalue weighted by atomic mass is 79.9. The third kappa shape index (κ3) is 2.54. The molecule has 0 aliphatic carbocycles. The monoisotopic (exact) mass is 349 g/mol. The Morgan fingerprint density at radius 2 is 1.62 bits per heavy atom. The smallest absolute Gasteiger partial charge is 0.135 e. The van der Waals surface area contributed by atoms with Gasteiger partial charge in [0.25, 0.3) is 0 Å². The van der Waals surface area contributed by atoms with Gasteiger partial charge in [0.2, 0.25) is 0 Å². The zero-order valence-corrected chi connectivity index (χ0v) is 12.3. The molecule has 0 radical (unpaired) electrons. The number of benzene rings is 2. The van der Waals surface area contributed by atoms with Crippen molar-refractivity contribution in [1.29, 1.82) is 0 Å². The van der Waals surface area contributed by atoms with E-state index in [0.717, 1.165) is 10.2 Å². The number of hydrogen-bond acceptors (Lipinski definition) is 2. The van der Waals surface area contributed by atoms with E-state index in [9.17, 15) is 8.78 Å². The second-order valence-electron chi connectivity index (χ2n) is 4.45. The fraction of sp³-hybridized carbons (Fsp3) is 0. The topological polar surface area (TPSA) is 43.8 Å². The van der Waals surface area contributed by atoms with Gasteiger partial charge in [0, 0.05) is 4.47 Å². The van der Waals surface area contributed by atoms with Gasteiger partial charge in [-0.3, -0.25) is 0 Å². The van der Waals surface area contributed by atoms with Crippen molar-refractivity contribution in [2.75, 3.05) is 5.73 Å². The largest absolute Gasteiger partial charge is 0.396 e. The zero-order valence-electron chi connectivity index (χ0n) is 10.7. The molecular formula is C15H10BrF2N3. The van der Waals surface area contributed by atoms with Crippen LogP contribution in [0.25, 0.3) is 16.9 Å². The molecule has 2 N–H and O–H groups in total. The molecule has 106 valence electrons. The molecule has 3 aromatic rings. The number of nitrogens with zero attached hydrogens (tertiary/aromatic N) is 2. The molecule has 2 aromatic carbocycles. The van der Waals surface area contributed by atoms with Crippen LogP contribution in [-0.2, 0) is 0 Å². The van der Waals surface area contributed by atoms with Gasteiger partial charge < -0.3 is 5.73 Å². The summed E-state index contributed by atoms with van der Waals surface area (Å²) in [5.74, 6) is -1.38. The van der Waals surface area contributed by atoms with E-state index in [-0.39, 0.29) is 16.9 Å². The van der Waals surface area contributed by atoms with Crippen molar-refractivity contribution in [2.24, 2.45) is 0 Å². The lowest BCUT2D eigenvalue weighted by Crippen LogP contribution is -1.96. The quantitative estimate of drug-likeness (QED) is 0.754. The Balaban J connectivity index is 2.12. The summed E-state index contributed by atoms with van der Waals surface area (Å²) in [5, 5.41) is 4.20. The van der Waals surface area contributed by atoms with Gasteiger partial charge >= 0.3 is 0 Å². The number of hydrogen-bond donors (Lipinski definition) is 1. The summed E-state index contributed by atoms with van der Waals surface area (Å²) < 4.78 is 30.1. The van der Waals surface area contributed by atoms with E-state index in [2.05, 4.69) is 21.0 Å². The van der Waals surface area contributed by atoms with Crippen molar-refractivity contribution < 1.29 is 8.78 Å². The summed E-state index contributed by atoms with van der Waals surface area (Å²) in [6.07, 6.45) is 1.53. The summed E-state index contributed by atoms with van der Waals surface area (Å²) in [6.45, 7) is 0. The Labute approximate surface area is 128 Å². The Morgan fingerprint density at radius 1 is 1.00 bits per heavy atom. The average Bonchev–Trinajstić information content (AvgIpc) is 2.81. The molecule has 0 fully saturated rings. The van der Waals surface area contributed by atoms with Gasteiger partial charge in [0.1, 0.15) is 17.3 Å². The molecular weight excluding hydrogens is 340 g/mol. The molecule has 3 nitrogen and oxygen atoms in total. The second-order valence-corrected chi connectivity index (χ2v) is 5.37. The van der Waals surface area contributed by atoms with Crippen LogP contribution in [-0.4, -0.2) is 9.78 Å². The summed E-state index contributed by atoms with van der Waals surface area (Å²) in [5.41, 5.74) is 6.68. The maximum absolute atomic E-state index is 13.8. The normalized spacial score (nSPS) is 10.8. The van der Waals surface area contributed by atoms with Gasteiger partial charge in [-0.1, -0.05) is 22.0 Å². The second kappa shape index (κ2) is 5.29. The first-order valence-electron chi connectivity index (χ1n) is 6.12. The highest BCUT2D eigenvalue weighted by Gasteiger charge is 2.17. The molecule has 0 aliphatic heterocycles. The lowest BCUT2D eigenvalue weighted by Gasteiger charge is -2.03. The number of aromatic nitrogens is 2. The number of nitrogen functional groups attached to an aromatic ring is 1. The molecule has 0 atom stereocenters.